The van der Waals surface area contributed by atoms with Crippen LogP contribution in [0, 0.1) is 17.0 Å². The summed E-state index contributed by atoms with van der Waals surface area (Å²) in [4.78, 5) is 91.2. The van der Waals surface area contributed by atoms with Gasteiger partial charge in [0.25, 0.3) is 0 Å². The van der Waals surface area contributed by atoms with Gasteiger partial charge in [-0.2, -0.15) is 0 Å². The number of aromatic amines is 1. The molecule has 4 amide bonds. The first kappa shape index (κ1) is 46.1. The molecule has 21 nitrogen and oxygen atoms in total. The normalized spacial score (nSPS) is 11.2. The van der Waals surface area contributed by atoms with Crippen LogP contribution in [-0.4, -0.2) is 103 Å². The lowest BCUT2D eigenvalue weighted by molar-refractivity contribution is -0.383. The quantitative estimate of drug-likeness (QED) is 0.0269. The van der Waals surface area contributed by atoms with Crippen molar-refractivity contribution in [2.45, 2.75) is 71.3 Å². The molecule has 6 N–H and O–H groups in total. The van der Waals surface area contributed by atoms with Crippen LogP contribution in [0.15, 0.2) is 70.1 Å². The van der Waals surface area contributed by atoms with Gasteiger partial charge in [0.1, 0.15) is 11.5 Å². The number of nitro groups is 1. The van der Waals surface area contributed by atoms with Crippen molar-refractivity contribution >= 4 is 73.9 Å². The Labute approximate surface area is 366 Å². The largest absolute Gasteiger partial charge is 0.383 e. The summed E-state index contributed by atoms with van der Waals surface area (Å²) >= 11 is 0. The number of aromatic nitrogens is 6. The van der Waals surface area contributed by atoms with Crippen LogP contribution >= 0.6 is 0 Å². The molecule has 0 atom stereocenters. The zero-order chi connectivity index (χ0) is 45.3. The Hall–Kier alpha value is -7.42. The van der Waals surface area contributed by atoms with E-state index in [0.717, 1.165) is 29.3 Å². The van der Waals surface area contributed by atoms with Crippen molar-refractivity contribution in [3.63, 3.8) is 0 Å². The topological polar surface area (TPSA) is 285 Å². The molecule has 0 radical (unpaired) electrons. The van der Waals surface area contributed by atoms with Crippen molar-refractivity contribution < 1.29 is 28.7 Å². The Balaban J connectivity index is 0.866. The number of nitrogens with zero attached hydrogens (tertiary/aromatic N) is 7. The fourth-order valence-corrected chi connectivity index (χ4v) is 6.81. The average molecular weight is 878 g/mol. The van der Waals surface area contributed by atoms with Crippen LogP contribution < -0.4 is 32.1 Å². The van der Waals surface area contributed by atoms with Gasteiger partial charge in [-0.3, -0.25) is 34.1 Å². The first-order chi connectivity index (χ1) is 31.0. The molecule has 1 aromatic carbocycles. The molecule has 5 aromatic heterocycles. The van der Waals surface area contributed by atoms with Gasteiger partial charge in [0.15, 0.2) is 11.2 Å². The van der Waals surface area contributed by atoms with E-state index in [-0.39, 0.29) is 71.7 Å². The van der Waals surface area contributed by atoms with E-state index < -0.39 is 4.92 Å². The molecule has 0 bridgehead atoms. The Bertz CT molecular complexity index is 2650. The van der Waals surface area contributed by atoms with Crippen LogP contribution in [0.25, 0.3) is 33.1 Å². The number of hydrogen-bond acceptors (Lipinski definition) is 15. The highest BCUT2D eigenvalue weighted by atomic mass is 16.6. The second-order valence-corrected chi connectivity index (χ2v) is 15.2. The summed E-state index contributed by atoms with van der Waals surface area (Å²) in [5, 5.41) is 34.9. The molecule has 0 spiro atoms. The second kappa shape index (κ2) is 23.1. The van der Waals surface area contributed by atoms with E-state index in [1.165, 1.54) is 12.1 Å². The number of rotatable bonds is 25. The molecule has 0 fully saturated rings. The molecule has 0 saturated heterocycles. The summed E-state index contributed by atoms with van der Waals surface area (Å²) in [7, 11) is 0. The zero-order valence-electron chi connectivity index (χ0n) is 35.5. The van der Waals surface area contributed by atoms with Crippen molar-refractivity contribution in [1.82, 2.24) is 51.1 Å². The number of aryl methyl sites for hydroxylation is 1. The minimum atomic E-state index is -0.541. The highest BCUT2D eigenvalue weighted by molar-refractivity contribution is 5.93. The predicted molar refractivity (Wildman–Crippen MR) is 238 cm³/mol. The number of pyridine rings is 4. The fraction of sp³-hybridized carbons (Fsp3) is 0.395. The lowest BCUT2D eigenvalue weighted by Gasteiger charge is -2.22. The maximum absolute atomic E-state index is 13.0. The molecule has 6 aromatic rings. The van der Waals surface area contributed by atoms with E-state index in [0.29, 0.717) is 93.4 Å². The maximum Gasteiger partial charge on any atom is 0.300 e. The number of nitro benzene ring substituents is 1. The number of benzene rings is 1. The molecule has 21 heteroatoms. The number of non-ortho nitro benzene ring substituents is 1. The van der Waals surface area contributed by atoms with Crippen LogP contribution in [0.2, 0.25) is 0 Å². The monoisotopic (exact) mass is 877 g/mol. The van der Waals surface area contributed by atoms with E-state index in [2.05, 4.69) is 61.5 Å². The van der Waals surface area contributed by atoms with E-state index in [1.807, 2.05) is 36.1 Å². The maximum atomic E-state index is 13.0. The Morgan fingerprint density at radius 3 is 2.20 bits per heavy atom. The smallest absolute Gasteiger partial charge is 0.300 e. The highest BCUT2D eigenvalue weighted by Gasteiger charge is 2.19. The van der Waals surface area contributed by atoms with Gasteiger partial charge >= 0.3 is 5.69 Å². The third kappa shape index (κ3) is 14.1. The molecule has 64 heavy (non-hydrogen) atoms. The molecule has 5 heterocycles. The number of amides is 4. The lowest BCUT2D eigenvalue weighted by atomic mass is 10.1. The van der Waals surface area contributed by atoms with Gasteiger partial charge in [-0.25, -0.2) is 19.6 Å². The number of H-pyrrole nitrogens is 1. The van der Waals surface area contributed by atoms with E-state index in [1.54, 1.807) is 24.3 Å². The fourth-order valence-electron chi connectivity index (χ4n) is 6.81. The van der Waals surface area contributed by atoms with Gasteiger partial charge in [0, 0.05) is 87.0 Å². The van der Waals surface area contributed by atoms with Crippen LogP contribution in [0.1, 0.15) is 69.2 Å². The Morgan fingerprint density at radius 1 is 0.688 bits per heavy atom. The summed E-state index contributed by atoms with van der Waals surface area (Å²) < 4.78 is 4.68. The van der Waals surface area contributed by atoms with Gasteiger partial charge < -0.3 is 36.5 Å². The minimum Gasteiger partial charge on any atom is -0.383 e. The van der Waals surface area contributed by atoms with Crippen molar-refractivity contribution in [3.8, 4) is 0 Å². The van der Waals surface area contributed by atoms with Crippen molar-refractivity contribution in [2.24, 2.45) is 0 Å². The predicted octanol–water partition coefficient (Wildman–Crippen LogP) is 4.03. The molecular weight excluding hydrogens is 827 g/mol. The van der Waals surface area contributed by atoms with Crippen LogP contribution in [-0.2, 0) is 25.7 Å². The molecule has 0 unspecified atom stereocenters. The molecule has 0 aliphatic carbocycles. The first-order valence-corrected chi connectivity index (χ1v) is 21.2. The van der Waals surface area contributed by atoms with Crippen molar-refractivity contribution in [2.75, 3.05) is 49.9 Å². The van der Waals surface area contributed by atoms with Crippen molar-refractivity contribution in [3.05, 3.63) is 92.5 Å². The van der Waals surface area contributed by atoms with E-state index in [9.17, 15) is 34.1 Å². The number of anilines is 2. The molecule has 336 valence electrons. The number of hydrogen-bond donors (Lipinski definition) is 6. The summed E-state index contributed by atoms with van der Waals surface area (Å²) in [6, 6.07) is 17.0. The standard InChI is InChI=1S/C43H51N13O8/c1-28-9-10-29-12-17-34(51-42(29)48-28)50-39(61)20-26-55(25-19-37(59)47-27-31-14-11-30-13-18-38(60)52-43(30)49-31)24-6-23-46-36(58)8-5-22-45-35(57)7-3-2-4-21-44-32-15-16-33(56(62)63)41-40(32)53-64-54-41/h9-18,44H,2-8,19-27H2,1H3,(H,45,57)(H,46,58)(H,47,59)(H,49,52,60)(H,48,50,51,61). The summed E-state index contributed by atoms with van der Waals surface area (Å²) in [6.07, 6.45) is 4.17. The SMILES string of the molecule is Cc1ccc2ccc(NC(=O)CCN(CCCNC(=O)CCCNC(=O)CCCCCNc3ccc([N+](=O)[O-])c4nonc34)CCC(=O)NCc3ccc4ccc(=O)[nH]c4n3)nc2n1. The molecular formula is C43H51N13O8. The van der Waals surface area contributed by atoms with Crippen LogP contribution in [0.5, 0.6) is 0 Å². The highest BCUT2D eigenvalue weighted by Crippen LogP contribution is 2.28. The van der Waals surface area contributed by atoms with E-state index >= 15 is 0 Å². The number of carbonyl (C=O) groups is 4. The summed E-state index contributed by atoms with van der Waals surface area (Å²) in [5.41, 5.74) is 2.90. The molecule has 0 aliphatic heterocycles. The molecule has 0 aliphatic rings. The average Bonchev–Trinajstić information content (AvgIpc) is 3.78. The Kier molecular flexibility index (Phi) is 16.7. The second-order valence-electron chi connectivity index (χ2n) is 15.2. The Morgan fingerprint density at radius 2 is 1.39 bits per heavy atom. The molecule has 0 saturated carbocycles. The minimum absolute atomic E-state index is 0.0804. The third-order valence-electron chi connectivity index (χ3n) is 10.2. The van der Waals surface area contributed by atoms with Crippen LogP contribution in [0.4, 0.5) is 17.2 Å². The number of carbonyl (C=O) groups excluding carboxylic acids is 4. The van der Waals surface area contributed by atoms with Gasteiger partial charge in [-0.05, 0) is 98.0 Å². The van der Waals surface area contributed by atoms with Gasteiger partial charge in [-0.1, -0.05) is 6.42 Å². The van der Waals surface area contributed by atoms with E-state index in [4.69, 9.17) is 0 Å². The van der Waals surface area contributed by atoms with Gasteiger partial charge in [0.05, 0.1) is 22.8 Å². The lowest BCUT2D eigenvalue weighted by Crippen LogP contribution is -2.35. The number of fused-ring (bicyclic) bond motifs is 3. The van der Waals surface area contributed by atoms with Gasteiger partial charge in [0.2, 0.25) is 34.7 Å². The number of nitrogens with one attached hydrogen (secondary N) is 6. The van der Waals surface area contributed by atoms with Gasteiger partial charge in [-0.15, -0.1) is 0 Å². The summed E-state index contributed by atoms with van der Waals surface area (Å²) in [5.74, 6) is -0.282. The number of unbranched alkanes of at least 4 members (excludes halogenated alkanes) is 2. The summed E-state index contributed by atoms with van der Waals surface area (Å²) in [6.45, 7) is 4.63. The van der Waals surface area contributed by atoms with Crippen molar-refractivity contribution in [1.29, 1.82) is 0 Å². The molecule has 6 rings (SSSR count). The first-order valence-electron chi connectivity index (χ1n) is 21.2. The zero-order valence-corrected chi connectivity index (χ0v) is 35.5. The third-order valence-corrected chi connectivity index (χ3v) is 10.2. The van der Waals surface area contributed by atoms with Crippen LogP contribution in [0.3, 0.4) is 0 Å².